The first-order chi connectivity index (χ1) is 13.9. The number of ether oxygens (including phenoxy) is 2. The zero-order chi connectivity index (χ0) is 21.5. The summed E-state index contributed by atoms with van der Waals surface area (Å²) in [4.78, 5) is 10.3. The van der Waals surface area contributed by atoms with Gasteiger partial charge in [-0.15, -0.1) is 0 Å². The summed E-state index contributed by atoms with van der Waals surface area (Å²) in [5.74, 6) is 4.26. The van der Waals surface area contributed by atoms with Crippen LogP contribution < -0.4 is 56.1 Å². The molecule has 9 heteroatoms. The van der Waals surface area contributed by atoms with Crippen LogP contribution in [0.15, 0.2) is 60.7 Å². The van der Waals surface area contributed by atoms with Crippen LogP contribution in [0.1, 0.15) is 1.43 Å². The van der Waals surface area contributed by atoms with E-state index in [2.05, 4.69) is 16.6 Å². The molecule has 0 aliphatic heterocycles. The average Bonchev–Trinajstić information content (AvgIpc) is 2.69. The van der Waals surface area contributed by atoms with Crippen LogP contribution in [0.5, 0.6) is 5.75 Å². The minimum atomic E-state index is -1.24. The van der Waals surface area contributed by atoms with E-state index in [1.54, 1.807) is 0 Å². The summed E-state index contributed by atoms with van der Waals surface area (Å²) in [6.45, 7) is -0.859. The Balaban J connectivity index is 0. The summed E-state index contributed by atoms with van der Waals surface area (Å²) in [7, 11) is 0. The average molecular weight is 447 g/mol. The summed E-state index contributed by atoms with van der Waals surface area (Å²) in [5.41, 5.74) is 0. The second-order valence-corrected chi connectivity index (χ2v) is 5.69. The summed E-state index contributed by atoms with van der Waals surface area (Å²) >= 11 is 0. The van der Waals surface area contributed by atoms with Crippen molar-refractivity contribution in [3.63, 3.8) is 0 Å². The SMILES string of the molecule is O=C(O)COC[C@H](O)[C@@H](O)/C=C/C=C/C#C/C=C/[C@@H](O)COc1ccc(F)cc1.[H-].[K+]. The van der Waals surface area contributed by atoms with Gasteiger partial charge in [0, 0.05) is 0 Å². The largest absolute Gasteiger partial charge is 1.00 e. The number of aliphatic hydroxyl groups excluding tert-OH is 3. The van der Waals surface area contributed by atoms with Gasteiger partial charge in [0.15, 0.2) is 0 Å². The van der Waals surface area contributed by atoms with Gasteiger partial charge in [-0.2, -0.15) is 0 Å². The van der Waals surface area contributed by atoms with E-state index in [0.29, 0.717) is 5.75 Å². The van der Waals surface area contributed by atoms with Crippen LogP contribution in [0.2, 0.25) is 0 Å². The van der Waals surface area contributed by atoms with Gasteiger partial charge in [0.1, 0.15) is 43.1 Å². The second kappa shape index (κ2) is 17.4. The van der Waals surface area contributed by atoms with Crippen molar-refractivity contribution in [3.8, 4) is 17.6 Å². The molecule has 1 rings (SSSR count). The number of aliphatic hydroxyl groups is 3. The first kappa shape index (κ1) is 28.7. The Bertz CT molecular complexity index is 772. The third-order valence-electron chi connectivity index (χ3n) is 3.23. The second-order valence-electron chi connectivity index (χ2n) is 5.69. The minimum absolute atomic E-state index is 0. The fourth-order valence-corrected chi connectivity index (χ4v) is 1.80. The van der Waals surface area contributed by atoms with Crippen molar-refractivity contribution < 1.29 is 91.9 Å². The number of hydrogen-bond acceptors (Lipinski definition) is 6. The van der Waals surface area contributed by atoms with E-state index in [4.69, 9.17) is 9.84 Å². The molecule has 0 aliphatic rings. The van der Waals surface area contributed by atoms with Crippen molar-refractivity contribution in [2.75, 3.05) is 19.8 Å². The molecule has 3 atom stereocenters. The van der Waals surface area contributed by atoms with Gasteiger partial charge in [-0.1, -0.05) is 30.1 Å². The molecule has 0 radical (unpaired) electrons. The number of rotatable bonds is 11. The van der Waals surface area contributed by atoms with Crippen LogP contribution in [0.25, 0.3) is 0 Å². The quantitative estimate of drug-likeness (QED) is 0.180. The molecule has 4 N–H and O–H groups in total. The Hall–Kier alpha value is -1.32. The molecule has 0 unspecified atom stereocenters. The third-order valence-corrected chi connectivity index (χ3v) is 3.23. The topological polar surface area (TPSA) is 116 Å². The molecule has 0 fully saturated rings. The zero-order valence-electron chi connectivity index (χ0n) is 17.5. The maximum atomic E-state index is 12.8. The number of allylic oxidation sites excluding steroid dienone is 4. The van der Waals surface area contributed by atoms with Crippen molar-refractivity contribution in [2.45, 2.75) is 18.3 Å². The maximum absolute atomic E-state index is 12.8. The molecule has 7 nitrogen and oxygen atoms in total. The van der Waals surface area contributed by atoms with Gasteiger partial charge in [0.2, 0.25) is 0 Å². The van der Waals surface area contributed by atoms with Gasteiger partial charge in [-0.25, -0.2) is 9.18 Å². The standard InChI is InChI=1S/C21H23FO7.K.H/c22-16-9-11-18(12-10-16)29-13-17(23)7-5-3-1-2-4-6-8-19(24)20(25)14-28-15-21(26)27;;/h2,4-12,17,19-20,23-25H,13-15H2,(H,26,27);;/q;+1;-1/b4-2+,7-5+,8-6+;;/t17-,19+,20+;;/m1../s1. The number of carboxylic acids is 1. The maximum Gasteiger partial charge on any atom is 1.00 e. The molecule has 0 spiro atoms. The van der Waals surface area contributed by atoms with E-state index < -0.39 is 30.9 Å². The normalized spacial score (nSPS) is 14.1. The van der Waals surface area contributed by atoms with Gasteiger partial charge >= 0.3 is 57.4 Å². The number of benzene rings is 1. The Morgan fingerprint density at radius 2 is 1.73 bits per heavy atom. The fourth-order valence-electron chi connectivity index (χ4n) is 1.80. The summed E-state index contributed by atoms with van der Waals surface area (Å²) in [6, 6.07) is 5.44. The smallest absolute Gasteiger partial charge is 1.00 e. The molecule has 1 aromatic carbocycles. The van der Waals surface area contributed by atoms with Crippen LogP contribution in [0, 0.1) is 17.7 Å². The monoisotopic (exact) mass is 446 g/mol. The predicted molar refractivity (Wildman–Crippen MR) is 105 cm³/mol. The summed E-state index contributed by atoms with van der Waals surface area (Å²) in [6.07, 6.45) is 5.35. The molecule has 0 aromatic heterocycles. The van der Waals surface area contributed by atoms with Crippen LogP contribution >= 0.6 is 0 Å². The molecule has 158 valence electrons. The van der Waals surface area contributed by atoms with E-state index in [1.165, 1.54) is 60.7 Å². The van der Waals surface area contributed by atoms with E-state index in [-0.39, 0.29) is 71.8 Å². The molecule has 0 aliphatic carbocycles. The van der Waals surface area contributed by atoms with Crippen molar-refractivity contribution >= 4 is 5.97 Å². The molecule has 0 saturated carbocycles. The van der Waals surface area contributed by atoms with E-state index in [1.807, 2.05) is 0 Å². The molecule has 0 bridgehead atoms. The van der Waals surface area contributed by atoms with Gasteiger partial charge in [0.05, 0.1) is 6.61 Å². The molecule has 0 saturated heterocycles. The number of halogens is 1. The number of aliphatic carboxylic acids is 1. The minimum Gasteiger partial charge on any atom is -1.00 e. The Kier molecular flexibility index (Phi) is 16.6. The Morgan fingerprint density at radius 1 is 1.07 bits per heavy atom. The molecule has 1 aromatic rings. The van der Waals surface area contributed by atoms with E-state index in [0.717, 1.165) is 0 Å². The first-order valence-electron chi connectivity index (χ1n) is 8.61. The molecular formula is C21H24FKO7. The van der Waals surface area contributed by atoms with Crippen LogP contribution in [-0.2, 0) is 9.53 Å². The van der Waals surface area contributed by atoms with Gasteiger partial charge in [0.25, 0.3) is 0 Å². The summed E-state index contributed by atoms with van der Waals surface area (Å²) < 4.78 is 22.7. The van der Waals surface area contributed by atoms with Gasteiger partial charge in [-0.05, 0) is 42.5 Å². The first-order valence-corrected chi connectivity index (χ1v) is 8.61. The van der Waals surface area contributed by atoms with Crippen LogP contribution in [-0.4, -0.2) is 64.5 Å². The number of carbonyl (C=O) groups is 1. The Morgan fingerprint density at radius 3 is 2.40 bits per heavy atom. The van der Waals surface area contributed by atoms with E-state index in [9.17, 15) is 24.5 Å². The number of hydrogen-bond donors (Lipinski definition) is 4. The zero-order valence-corrected chi connectivity index (χ0v) is 19.6. The van der Waals surface area contributed by atoms with Gasteiger partial charge < -0.3 is 31.3 Å². The number of carboxylic acid groups (broad SMARTS) is 1. The fraction of sp³-hybridized carbons (Fsp3) is 0.286. The summed E-state index contributed by atoms with van der Waals surface area (Å²) in [5, 5.41) is 37.3. The predicted octanol–water partition coefficient (Wildman–Crippen LogP) is -1.82. The van der Waals surface area contributed by atoms with Crippen LogP contribution in [0.3, 0.4) is 0 Å². The Labute approximate surface area is 218 Å². The van der Waals surface area contributed by atoms with Crippen molar-refractivity contribution in [3.05, 3.63) is 66.5 Å². The molecule has 30 heavy (non-hydrogen) atoms. The van der Waals surface area contributed by atoms with Crippen molar-refractivity contribution in [1.82, 2.24) is 0 Å². The van der Waals surface area contributed by atoms with E-state index >= 15 is 0 Å². The molecule has 0 heterocycles. The van der Waals surface area contributed by atoms with Crippen LogP contribution in [0.4, 0.5) is 4.39 Å². The molecule has 0 amide bonds. The van der Waals surface area contributed by atoms with Crippen molar-refractivity contribution in [2.24, 2.45) is 0 Å². The van der Waals surface area contributed by atoms with Gasteiger partial charge in [-0.3, -0.25) is 0 Å². The third kappa shape index (κ3) is 14.6. The van der Waals surface area contributed by atoms with Crippen molar-refractivity contribution in [1.29, 1.82) is 0 Å². The molecular weight excluding hydrogens is 422 g/mol.